The molecule has 0 heterocycles. The van der Waals surface area contributed by atoms with E-state index in [2.05, 4.69) is 10.6 Å². The van der Waals surface area contributed by atoms with E-state index < -0.39 is 17.9 Å². The summed E-state index contributed by atoms with van der Waals surface area (Å²) < 4.78 is 10.1. The number of benzene rings is 1. The zero-order valence-corrected chi connectivity index (χ0v) is 14.6. The Kier molecular flexibility index (Phi) is 10.6. The number of hydrogen-bond acceptors (Lipinski definition) is 6. The number of hydrogen-bond donors (Lipinski definition) is 4. The van der Waals surface area contributed by atoms with E-state index in [4.69, 9.17) is 20.9 Å². The summed E-state index contributed by atoms with van der Waals surface area (Å²) in [6, 6.07) is 8.42. The van der Waals surface area contributed by atoms with E-state index in [0.29, 0.717) is 19.6 Å². The second-order valence-electron chi connectivity index (χ2n) is 5.46. The summed E-state index contributed by atoms with van der Waals surface area (Å²) in [5, 5.41) is 5.11. The summed E-state index contributed by atoms with van der Waals surface area (Å²) in [5.74, 6) is -1.36. The third-order valence-electron chi connectivity index (χ3n) is 3.26. The first-order chi connectivity index (χ1) is 12.5. The average molecular weight is 366 g/mol. The van der Waals surface area contributed by atoms with Crippen molar-refractivity contribution >= 4 is 17.7 Å². The first kappa shape index (κ1) is 21.6. The SMILES string of the molecule is NCCOCC(=O)NCCOCC(=O)N[C@@H](Cc1ccccc1)C(N)=O. The number of ether oxygens (including phenoxy) is 2. The van der Waals surface area contributed by atoms with Gasteiger partial charge in [-0.25, -0.2) is 0 Å². The van der Waals surface area contributed by atoms with Crippen LogP contribution in [0.5, 0.6) is 0 Å². The lowest BCUT2D eigenvalue weighted by molar-refractivity contribution is -0.130. The van der Waals surface area contributed by atoms with Crippen LogP contribution < -0.4 is 22.1 Å². The standard InChI is InChI=1S/C17H26N4O5/c18-6-8-25-11-15(22)20-7-9-26-12-16(23)21-14(17(19)24)10-13-4-2-1-3-5-13/h1-5,14H,6-12,18H2,(H2,19,24)(H,20,22)(H,21,23)/t14-/m0/s1. The van der Waals surface area contributed by atoms with E-state index in [-0.39, 0.29) is 32.3 Å². The van der Waals surface area contributed by atoms with Gasteiger partial charge >= 0.3 is 0 Å². The minimum atomic E-state index is -0.812. The number of rotatable bonds is 13. The minimum absolute atomic E-state index is 0.0720. The smallest absolute Gasteiger partial charge is 0.246 e. The van der Waals surface area contributed by atoms with Crippen LogP contribution in [0.4, 0.5) is 0 Å². The molecule has 0 saturated carbocycles. The van der Waals surface area contributed by atoms with Gasteiger partial charge in [-0.3, -0.25) is 14.4 Å². The normalized spacial score (nSPS) is 11.6. The minimum Gasteiger partial charge on any atom is -0.370 e. The lowest BCUT2D eigenvalue weighted by atomic mass is 10.1. The maximum atomic E-state index is 11.9. The molecule has 0 radical (unpaired) electrons. The molecule has 1 rings (SSSR count). The summed E-state index contributed by atoms with van der Waals surface area (Å²) in [6.07, 6.45) is 0.306. The van der Waals surface area contributed by atoms with E-state index >= 15 is 0 Å². The molecule has 9 nitrogen and oxygen atoms in total. The van der Waals surface area contributed by atoms with Crippen LogP contribution in [-0.2, 0) is 30.3 Å². The van der Waals surface area contributed by atoms with Gasteiger partial charge in [0.15, 0.2) is 0 Å². The van der Waals surface area contributed by atoms with Crippen molar-refractivity contribution in [1.82, 2.24) is 10.6 Å². The average Bonchev–Trinajstić information content (AvgIpc) is 2.62. The van der Waals surface area contributed by atoms with E-state index in [1.807, 2.05) is 30.3 Å². The molecule has 6 N–H and O–H groups in total. The molecule has 0 aliphatic rings. The quantitative estimate of drug-likeness (QED) is 0.306. The first-order valence-corrected chi connectivity index (χ1v) is 8.27. The molecule has 144 valence electrons. The second-order valence-corrected chi connectivity index (χ2v) is 5.46. The van der Waals surface area contributed by atoms with E-state index in [9.17, 15) is 14.4 Å². The zero-order chi connectivity index (χ0) is 19.2. The summed E-state index contributed by atoms with van der Waals surface area (Å²) in [4.78, 5) is 34.7. The highest BCUT2D eigenvalue weighted by atomic mass is 16.5. The van der Waals surface area contributed by atoms with Gasteiger partial charge < -0.3 is 31.6 Å². The van der Waals surface area contributed by atoms with Crippen molar-refractivity contribution in [3.63, 3.8) is 0 Å². The van der Waals surface area contributed by atoms with Gasteiger partial charge in [-0.15, -0.1) is 0 Å². The van der Waals surface area contributed by atoms with Crippen LogP contribution in [0, 0.1) is 0 Å². The Hall–Kier alpha value is -2.49. The third kappa shape index (κ3) is 9.72. The predicted molar refractivity (Wildman–Crippen MR) is 95.0 cm³/mol. The maximum absolute atomic E-state index is 11.9. The predicted octanol–water partition coefficient (Wildman–Crippen LogP) is -1.69. The van der Waals surface area contributed by atoms with Gasteiger partial charge in [0, 0.05) is 19.5 Å². The van der Waals surface area contributed by atoms with Crippen molar-refractivity contribution in [3.05, 3.63) is 35.9 Å². The summed E-state index contributed by atoms with van der Waals surface area (Å²) >= 11 is 0. The third-order valence-corrected chi connectivity index (χ3v) is 3.26. The van der Waals surface area contributed by atoms with Gasteiger partial charge in [0.05, 0.1) is 13.2 Å². The summed E-state index contributed by atoms with van der Waals surface area (Å²) in [5.41, 5.74) is 11.5. The molecular formula is C17H26N4O5. The molecule has 0 aliphatic heterocycles. The Morgan fingerprint density at radius 1 is 1.00 bits per heavy atom. The number of nitrogens with one attached hydrogen (secondary N) is 2. The fraction of sp³-hybridized carbons (Fsp3) is 0.471. The largest absolute Gasteiger partial charge is 0.370 e. The van der Waals surface area contributed by atoms with Crippen LogP contribution in [0.15, 0.2) is 30.3 Å². The lowest BCUT2D eigenvalue weighted by Gasteiger charge is -2.15. The van der Waals surface area contributed by atoms with Crippen LogP contribution in [0.1, 0.15) is 5.56 Å². The Bertz CT molecular complexity index is 568. The molecule has 3 amide bonds. The van der Waals surface area contributed by atoms with Crippen molar-refractivity contribution in [2.24, 2.45) is 11.5 Å². The monoisotopic (exact) mass is 366 g/mol. The van der Waals surface area contributed by atoms with Gasteiger partial charge in [0.1, 0.15) is 19.3 Å². The molecule has 9 heteroatoms. The van der Waals surface area contributed by atoms with Crippen molar-refractivity contribution in [3.8, 4) is 0 Å². The van der Waals surface area contributed by atoms with Crippen LogP contribution in [0.25, 0.3) is 0 Å². The molecule has 26 heavy (non-hydrogen) atoms. The van der Waals surface area contributed by atoms with Gasteiger partial charge in [-0.1, -0.05) is 30.3 Å². The number of amides is 3. The highest BCUT2D eigenvalue weighted by Gasteiger charge is 2.18. The second kappa shape index (κ2) is 12.8. The number of carbonyl (C=O) groups is 3. The van der Waals surface area contributed by atoms with Crippen LogP contribution >= 0.6 is 0 Å². The molecule has 0 bridgehead atoms. The van der Waals surface area contributed by atoms with Crippen molar-refractivity contribution in [1.29, 1.82) is 0 Å². The van der Waals surface area contributed by atoms with Crippen molar-refractivity contribution in [2.75, 3.05) is 39.5 Å². The van der Waals surface area contributed by atoms with Crippen LogP contribution in [0.3, 0.4) is 0 Å². The van der Waals surface area contributed by atoms with Crippen molar-refractivity contribution in [2.45, 2.75) is 12.5 Å². The highest BCUT2D eigenvalue weighted by molar-refractivity contribution is 5.87. The fourth-order valence-corrected chi connectivity index (χ4v) is 2.04. The molecule has 0 unspecified atom stereocenters. The van der Waals surface area contributed by atoms with E-state index in [0.717, 1.165) is 5.56 Å². The molecule has 1 aromatic rings. The number of primary amides is 1. The van der Waals surface area contributed by atoms with E-state index in [1.165, 1.54) is 0 Å². The Balaban J connectivity index is 2.21. The van der Waals surface area contributed by atoms with Gasteiger partial charge in [-0.05, 0) is 5.56 Å². The lowest BCUT2D eigenvalue weighted by Crippen LogP contribution is -2.47. The Labute approximate surface area is 152 Å². The zero-order valence-electron chi connectivity index (χ0n) is 14.6. The Morgan fingerprint density at radius 3 is 2.31 bits per heavy atom. The number of carbonyl (C=O) groups excluding carboxylic acids is 3. The van der Waals surface area contributed by atoms with Gasteiger partial charge in [0.25, 0.3) is 0 Å². The molecule has 1 aromatic carbocycles. The number of nitrogens with two attached hydrogens (primary N) is 2. The molecular weight excluding hydrogens is 340 g/mol. The van der Waals surface area contributed by atoms with Gasteiger partial charge in [-0.2, -0.15) is 0 Å². The molecule has 0 saturated heterocycles. The van der Waals surface area contributed by atoms with Crippen LogP contribution in [0.2, 0.25) is 0 Å². The van der Waals surface area contributed by atoms with Crippen LogP contribution in [-0.4, -0.2) is 63.3 Å². The van der Waals surface area contributed by atoms with Crippen molar-refractivity contribution < 1.29 is 23.9 Å². The highest BCUT2D eigenvalue weighted by Crippen LogP contribution is 2.03. The van der Waals surface area contributed by atoms with Gasteiger partial charge in [0.2, 0.25) is 17.7 Å². The summed E-state index contributed by atoms with van der Waals surface area (Å²) in [6.45, 7) is 0.739. The Morgan fingerprint density at radius 2 is 1.65 bits per heavy atom. The van der Waals surface area contributed by atoms with E-state index in [1.54, 1.807) is 0 Å². The molecule has 0 fully saturated rings. The first-order valence-electron chi connectivity index (χ1n) is 8.27. The maximum Gasteiger partial charge on any atom is 0.246 e. The molecule has 1 atom stereocenters. The molecule has 0 aromatic heterocycles. The topological polar surface area (TPSA) is 146 Å². The molecule has 0 spiro atoms. The fourth-order valence-electron chi connectivity index (χ4n) is 2.04. The summed E-state index contributed by atoms with van der Waals surface area (Å²) in [7, 11) is 0. The molecule has 0 aliphatic carbocycles.